The van der Waals surface area contributed by atoms with Crippen molar-refractivity contribution in [3.63, 3.8) is 0 Å². The average Bonchev–Trinajstić information content (AvgIpc) is 3.01. The van der Waals surface area contributed by atoms with E-state index in [0.717, 1.165) is 38.6 Å². The predicted octanol–water partition coefficient (Wildman–Crippen LogP) is 1.14. The summed E-state index contributed by atoms with van der Waals surface area (Å²) in [6.07, 6.45) is 4.33. The molecule has 0 aromatic rings. The third-order valence-corrected chi connectivity index (χ3v) is 5.37. The summed E-state index contributed by atoms with van der Waals surface area (Å²) in [4.78, 5) is 27.3. The number of aliphatic carboxylic acids is 1. The molecule has 3 fully saturated rings. The number of fused-ring (bicyclic) bond motifs is 1. The van der Waals surface area contributed by atoms with Crippen LogP contribution in [0.25, 0.3) is 0 Å². The molecule has 0 bridgehead atoms. The summed E-state index contributed by atoms with van der Waals surface area (Å²) in [5.41, 5.74) is 0. The van der Waals surface area contributed by atoms with Gasteiger partial charge in [0, 0.05) is 31.6 Å². The zero-order chi connectivity index (χ0) is 15.0. The number of urea groups is 1. The Balaban J connectivity index is 1.65. The number of hydrogen-bond donors (Lipinski definition) is 2. The highest BCUT2D eigenvalue weighted by Gasteiger charge is 2.45. The number of carbonyl (C=O) groups is 2. The van der Waals surface area contributed by atoms with Gasteiger partial charge in [0.15, 0.2) is 0 Å². The van der Waals surface area contributed by atoms with Crippen molar-refractivity contribution in [2.75, 3.05) is 19.6 Å². The van der Waals surface area contributed by atoms with E-state index in [0.29, 0.717) is 19.0 Å². The van der Waals surface area contributed by atoms with E-state index in [2.05, 4.69) is 0 Å². The first-order chi connectivity index (χ1) is 10.1. The van der Waals surface area contributed by atoms with Crippen molar-refractivity contribution in [2.24, 2.45) is 11.8 Å². The zero-order valence-electron chi connectivity index (χ0n) is 12.3. The molecular weight excluding hydrogens is 272 g/mol. The van der Waals surface area contributed by atoms with Gasteiger partial charge in [-0.1, -0.05) is 0 Å². The lowest BCUT2D eigenvalue weighted by Crippen LogP contribution is -2.50. The zero-order valence-corrected chi connectivity index (χ0v) is 12.3. The molecule has 4 atom stereocenters. The molecule has 3 rings (SSSR count). The molecule has 0 spiro atoms. The standard InChI is InChI=1S/C15H24N2O4/c18-13-5-4-10-8-16(9-12(10)13)15(21)17-6-2-1-3-11(17)7-14(19)20/h10-13,18H,1-9H2,(H,19,20). The van der Waals surface area contributed by atoms with Crippen molar-refractivity contribution in [2.45, 2.75) is 50.7 Å². The normalized spacial score (nSPS) is 35.9. The van der Waals surface area contributed by atoms with E-state index in [1.54, 1.807) is 4.90 Å². The maximum atomic E-state index is 12.7. The quantitative estimate of drug-likeness (QED) is 0.800. The molecule has 0 radical (unpaired) electrons. The Morgan fingerprint density at radius 2 is 1.90 bits per heavy atom. The highest BCUT2D eigenvalue weighted by Crippen LogP contribution is 2.38. The van der Waals surface area contributed by atoms with Gasteiger partial charge in [0.05, 0.1) is 12.5 Å². The number of amides is 2. The SMILES string of the molecule is O=C(O)CC1CCCCN1C(=O)N1CC2CCC(O)C2C1. The maximum Gasteiger partial charge on any atom is 0.320 e. The van der Waals surface area contributed by atoms with E-state index in [1.807, 2.05) is 4.90 Å². The molecule has 0 aromatic carbocycles. The molecule has 6 heteroatoms. The van der Waals surface area contributed by atoms with Gasteiger partial charge in [-0.05, 0) is 38.0 Å². The van der Waals surface area contributed by atoms with Crippen LogP contribution in [0.1, 0.15) is 38.5 Å². The second-order valence-electron chi connectivity index (χ2n) is 6.70. The lowest BCUT2D eigenvalue weighted by molar-refractivity contribution is -0.138. The fraction of sp³-hybridized carbons (Fsp3) is 0.867. The number of carboxylic acid groups (broad SMARTS) is 1. The third kappa shape index (κ3) is 2.86. The van der Waals surface area contributed by atoms with Gasteiger partial charge >= 0.3 is 12.0 Å². The van der Waals surface area contributed by atoms with Crippen LogP contribution in [0.5, 0.6) is 0 Å². The number of hydrogen-bond acceptors (Lipinski definition) is 3. The maximum absolute atomic E-state index is 12.7. The molecule has 118 valence electrons. The van der Waals surface area contributed by atoms with E-state index in [1.165, 1.54) is 0 Å². The van der Waals surface area contributed by atoms with Gasteiger partial charge in [-0.15, -0.1) is 0 Å². The predicted molar refractivity (Wildman–Crippen MR) is 75.8 cm³/mol. The van der Waals surface area contributed by atoms with Gasteiger partial charge in [-0.2, -0.15) is 0 Å². The van der Waals surface area contributed by atoms with Crippen molar-refractivity contribution in [1.29, 1.82) is 0 Å². The summed E-state index contributed by atoms with van der Waals surface area (Å²) < 4.78 is 0. The third-order valence-electron chi connectivity index (χ3n) is 5.37. The van der Waals surface area contributed by atoms with Crippen molar-refractivity contribution in [3.8, 4) is 0 Å². The van der Waals surface area contributed by atoms with Crippen molar-refractivity contribution in [3.05, 3.63) is 0 Å². The topological polar surface area (TPSA) is 81.1 Å². The molecule has 0 aromatic heterocycles. The van der Waals surface area contributed by atoms with Gasteiger partial charge in [0.25, 0.3) is 0 Å². The van der Waals surface area contributed by atoms with Crippen LogP contribution in [0, 0.1) is 11.8 Å². The van der Waals surface area contributed by atoms with Gasteiger partial charge in [0.1, 0.15) is 0 Å². The Labute approximate surface area is 124 Å². The van der Waals surface area contributed by atoms with E-state index >= 15 is 0 Å². The highest BCUT2D eigenvalue weighted by atomic mass is 16.4. The Kier molecular flexibility index (Phi) is 4.06. The summed E-state index contributed by atoms with van der Waals surface area (Å²) in [5, 5.41) is 19.0. The number of carboxylic acids is 1. The van der Waals surface area contributed by atoms with Crippen LogP contribution >= 0.6 is 0 Å². The average molecular weight is 296 g/mol. The van der Waals surface area contributed by atoms with Gasteiger partial charge < -0.3 is 20.0 Å². The monoisotopic (exact) mass is 296 g/mol. The van der Waals surface area contributed by atoms with E-state index in [4.69, 9.17) is 5.11 Å². The van der Waals surface area contributed by atoms with Crippen LogP contribution in [-0.2, 0) is 4.79 Å². The smallest absolute Gasteiger partial charge is 0.320 e. The first-order valence-electron chi connectivity index (χ1n) is 8.01. The van der Waals surface area contributed by atoms with Crippen LogP contribution in [-0.4, -0.2) is 63.8 Å². The van der Waals surface area contributed by atoms with Crippen molar-refractivity contribution >= 4 is 12.0 Å². The molecule has 21 heavy (non-hydrogen) atoms. The number of piperidine rings is 1. The van der Waals surface area contributed by atoms with Crippen LogP contribution in [0.3, 0.4) is 0 Å². The molecule has 1 saturated carbocycles. The van der Waals surface area contributed by atoms with Crippen molar-refractivity contribution < 1.29 is 19.8 Å². The molecule has 4 unspecified atom stereocenters. The van der Waals surface area contributed by atoms with Crippen LogP contribution in [0.2, 0.25) is 0 Å². The Bertz CT molecular complexity index is 428. The molecule has 1 aliphatic carbocycles. The molecule has 2 aliphatic heterocycles. The minimum Gasteiger partial charge on any atom is -0.481 e. The van der Waals surface area contributed by atoms with Gasteiger partial charge in [-0.25, -0.2) is 4.79 Å². The molecule has 6 nitrogen and oxygen atoms in total. The second kappa shape index (κ2) is 5.83. The van der Waals surface area contributed by atoms with E-state index in [9.17, 15) is 14.7 Å². The number of aliphatic hydroxyl groups excluding tert-OH is 1. The number of aliphatic hydroxyl groups is 1. The molecule has 2 amide bonds. The minimum atomic E-state index is -0.839. The molecule has 2 heterocycles. The summed E-state index contributed by atoms with van der Waals surface area (Å²) in [5.74, 6) is -0.197. The van der Waals surface area contributed by atoms with E-state index < -0.39 is 5.97 Å². The van der Waals surface area contributed by atoms with Crippen LogP contribution in [0.15, 0.2) is 0 Å². The molecule has 2 saturated heterocycles. The molecule has 3 aliphatic rings. The Morgan fingerprint density at radius 3 is 2.62 bits per heavy atom. The number of rotatable bonds is 2. The number of nitrogens with zero attached hydrogens (tertiary/aromatic N) is 2. The fourth-order valence-corrected chi connectivity index (χ4v) is 4.24. The van der Waals surface area contributed by atoms with Crippen LogP contribution in [0.4, 0.5) is 4.79 Å². The largest absolute Gasteiger partial charge is 0.481 e. The minimum absolute atomic E-state index is 0.0254. The second-order valence-corrected chi connectivity index (χ2v) is 6.70. The van der Waals surface area contributed by atoms with Gasteiger partial charge in [-0.3, -0.25) is 4.79 Å². The summed E-state index contributed by atoms with van der Waals surface area (Å²) in [7, 11) is 0. The number of carbonyl (C=O) groups excluding carboxylic acids is 1. The first kappa shape index (κ1) is 14.6. The lowest BCUT2D eigenvalue weighted by Gasteiger charge is -2.37. The summed E-state index contributed by atoms with van der Waals surface area (Å²) in [6, 6.07) is -0.198. The summed E-state index contributed by atoms with van der Waals surface area (Å²) >= 11 is 0. The molecular formula is C15H24N2O4. The molecule has 2 N–H and O–H groups in total. The first-order valence-corrected chi connectivity index (χ1v) is 8.01. The van der Waals surface area contributed by atoms with Crippen molar-refractivity contribution in [1.82, 2.24) is 9.80 Å². The van der Waals surface area contributed by atoms with Gasteiger partial charge in [0.2, 0.25) is 0 Å². The summed E-state index contributed by atoms with van der Waals surface area (Å²) in [6.45, 7) is 2.00. The van der Waals surface area contributed by atoms with E-state index in [-0.39, 0.29) is 30.5 Å². The number of likely N-dealkylation sites (tertiary alicyclic amines) is 2. The lowest BCUT2D eigenvalue weighted by atomic mass is 9.99. The van der Waals surface area contributed by atoms with Crippen LogP contribution < -0.4 is 0 Å². The Morgan fingerprint density at radius 1 is 1.10 bits per heavy atom. The Hall–Kier alpha value is -1.30. The fourth-order valence-electron chi connectivity index (χ4n) is 4.24. The highest BCUT2D eigenvalue weighted by molar-refractivity contribution is 5.76.